The van der Waals surface area contributed by atoms with Gasteiger partial charge in [0.1, 0.15) is 5.82 Å². The molecule has 0 bridgehead atoms. The second-order valence-corrected chi connectivity index (χ2v) is 5.71. The van der Waals surface area contributed by atoms with Crippen molar-refractivity contribution in [3.05, 3.63) is 35.2 Å². The lowest BCUT2D eigenvalue weighted by molar-refractivity contribution is 0.0592. The van der Waals surface area contributed by atoms with Crippen molar-refractivity contribution in [3.63, 3.8) is 0 Å². The maximum absolute atomic E-state index is 12.6. The third-order valence-electron chi connectivity index (χ3n) is 4.18. The molecule has 23 heavy (non-hydrogen) atoms. The Bertz CT molecular complexity index is 691. The third kappa shape index (κ3) is 3.01. The van der Waals surface area contributed by atoms with E-state index in [1.165, 1.54) is 0 Å². The summed E-state index contributed by atoms with van der Waals surface area (Å²) in [6.07, 6.45) is 2.72. The monoisotopic (exact) mass is 318 g/mol. The first-order valence-corrected chi connectivity index (χ1v) is 7.98. The SMILES string of the molecule is CCOCCc1cnc2n1CCN(C(=O)c1cc(C)no1)[C@H]2C. The van der Waals surface area contributed by atoms with E-state index in [0.29, 0.717) is 18.8 Å². The van der Waals surface area contributed by atoms with Gasteiger partial charge in [0.15, 0.2) is 0 Å². The summed E-state index contributed by atoms with van der Waals surface area (Å²) in [4.78, 5) is 18.9. The highest BCUT2D eigenvalue weighted by Crippen LogP contribution is 2.27. The molecule has 0 N–H and O–H groups in total. The highest BCUT2D eigenvalue weighted by atomic mass is 16.5. The Kier molecular flexibility index (Phi) is 4.47. The normalized spacial score (nSPS) is 17.3. The van der Waals surface area contributed by atoms with Crippen LogP contribution in [0, 0.1) is 6.92 Å². The second kappa shape index (κ2) is 6.54. The van der Waals surface area contributed by atoms with Gasteiger partial charge < -0.3 is 18.7 Å². The molecule has 1 amide bonds. The fourth-order valence-corrected chi connectivity index (χ4v) is 2.96. The highest BCUT2D eigenvalue weighted by molar-refractivity contribution is 5.91. The summed E-state index contributed by atoms with van der Waals surface area (Å²) in [5, 5.41) is 3.79. The molecule has 124 valence electrons. The number of amides is 1. The number of imidazole rings is 1. The topological polar surface area (TPSA) is 73.4 Å². The zero-order valence-electron chi connectivity index (χ0n) is 13.8. The number of nitrogens with zero attached hydrogens (tertiary/aromatic N) is 4. The van der Waals surface area contributed by atoms with Crippen LogP contribution in [0.4, 0.5) is 0 Å². The Balaban J connectivity index is 1.76. The number of hydrogen-bond acceptors (Lipinski definition) is 5. The van der Waals surface area contributed by atoms with Crippen LogP contribution in [0.3, 0.4) is 0 Å². The second-order valence-electron chi connectivity index (χ2n) is 5.71. The van der Waals surface area contributed by atoms with Crippen molar-refractivity contribution in [1.82, 2.24) is 19.6 Å². The van der Waals surface area contributed by atoms with Crippen molar-refractivity contribution in [2.24, 2.45) is 0 Å². The molecule has 0 aliphatic carbocycles. The predicted octanol–water partition coefficient (Wildman–Crippen LogP) is 1.98. The third-order valence-corrected chi connectivity index (χ3v) is 4.18. The molecule has 0 aromatic carbocycles. The van der Waals surface area contributed by atoms with Crippen LogP contribution in [-0.2, 0) is 17.7 Å². The molecule has 1 atom stereocenters. The molecule has 3 rings (SSSR count). The van der Waals surface area contributed by atoms with E-state index in [2.05, 4.69) is 14.7 Å². The van der Waals surface area contributed by atoms with Gasteiger partial charge in [-0.3, -0.25) is 4.79 Å². The summed E-state index contributed by atoms with van der Waals surface area (Å²) < 4.78 is 12.7. The van der Waals surface area contributed by atoms with E-state index in [0.717, 1.165) is 31.1 Å². The molecule has 3 heterocycles. The Labute approximate surface area is 135 Å². The number of aromatic nitrogens is 3. The average Bonchev–Trinajstić information content (AvgIpc) is 3.15. The van der Waals surface area contributed by atoms with Crippen molar-refractivity contribution in [3.8, 4) is 0 Å². The van der Waals surface area contributed by atoms with Gasteiger partial charge in [-0.15, -0.1) is 0 Å². The van der Waals surface area contributed by atoms with Crippen LogP contribution >= 0.6 is 0 Å². The Morgan fingerprint density at radius 3 is 3.00 bits per heavy atom. The van der Waals surface area contributed by atoms with E-state index in [1.807, 2.05) is 20.0 Å². The van der Waals surface area contributed by atoms with E-state index < -0.39 is 0 Å². The van der Waals surface area contributed by atoms with Gasteiger partial charge in [-0.1, -0.05) is 5.16 Å². The predicted molar refractivity (Wildman–Crippen MR) is 83.1 cm³/mol. The summed E-state index contributed by atoms with van der Waals surface area (Å²) in [7, 11) is 0. The molecule has 7 heteroatoms. The number of rotatable bonds is 5. The lowest BCUT2D eigenvalue weighted by Gasteiger charge is -2.33. The molecule has 2 aromatic rings. The average molecular weight is 318 g/mol. The van der Waals surface area contributed by atoms with Gasteiger partial charge in [-0.2, -0.15) is 0 Å². The molecule has 0 unspecified atom stereocenters. The van der Waals surface area contributed by atoms with Gasteiger partial charge in [-0.25, -0.2) is 4.98 Å². The number of hydrogen-bond donors (Lipinski definition) is 0. The van der Waals surface area contributed by atoms with Gasteiger partial charge in [0.25, 0.3) is 5.91 Å². The number of carbonyl (C=O) groups is 1. The summed E-state index contributed by atoms with van der Waals surface area (Å²) in [6.45, 7) is 8.56. The molecule has 1 aliphatic rings. The smallest absolute Gasteiger partial charge is 0.293 e. The first kappa shape index (κ1) is 15.7. The van der Waals surface area contributed by atoms with Crippen molar-refractivity contribution in [2.45, 2.75) is 39.8 Å². The largest absolute Gasteiger partial charge is 0.381 e. The summed E-state index contributed by atoms with van der Waals surface area (Å²) >= 11 is 0. The van der Waals surface area contributed by atoms with Gasteiger partial charge >= 0.3 is 0 Å². The number of ether oxygens (including phenoxy) is 1. The molecule has 0 saturated heterocycles. The molecule has 0 spiro atoms. The molecule has 2 aromatic heterocycles. The lowest BCUT2D eigenvalue weighted by Crippen LogP contribution is -2.41. The van der Waals surface area contributed by atoms with Gasteiger partial charge in [0.05, 0.1) is 18.3 Å². The van der Waals surface area contributed by atoms with Crippen LogP contribution in [0.25, 0.3) is 0 Å². The molecular formula is C16H22N4O3. The van der Waals surface area contributed by atoms with E-state index in [-0.39, 0.29) is 17.7 Å². The maximum atomic E-state index is 12.6. The van der Waals surface area contributed by atoms with Crippen molar-refractivity contribution in [1.29, 1.82) is 0 Å². The number of fused-ring (bicyclic) bond motifs is 1. The van der Waals surface area contributed by atoms with Crippen molar-refractivity contribution in [2.75, 3.05) is 19.8 Å². The minimum absolute atomic E-state index is 0.0949. The molecule has 0 radical (unpaired) electrons. The van der Waals surface area contributed by atoms with Crippen LogP contribution in [0.5, 0.6) is 0 Å². The van der Waals surface area contributed by atoms with E-state index in [4.69, 9.17) is 9.26 Å². The number of carbonyl (C=O) groups excluding carboxylic acids is 1. The maximum Gasteiger partial charge on any atom is 0.293 e. The first-order chi connectivity index (χ1) is 11.1. The van der Waals surface area contributed by atoms with Gasteiger partial charge in [0.2, 0.25) is 5.76 Å². The van der Waals surface area contributed by atoms with Crippen LogP contribution in [0.1, 0.15) is 47.7 Å². The molecular weight excluding hydrogens is 296 g/mol. The Hall–Kier alpha value is -2.15. The van der Waals surface area contributed by atoms with Crippen LogP contribution < -0.4 is 0 Å². The van der Waals surface area contributed by atoms with E-state index in [1.54, 1.807) is 17.9 Å². The first-order valence-electron chi connectivity index (χ1n) is 7.98. The van der Waals surface area contributed by atoms with Crippen LogP contribution in [0.15, 0.2) is 16.8 Å². The zero-order chi connectivity index (χ0) is 16.4. The Morgan fingerprint density at radius 2 is 2.30 bits per heavy atom. The van der Waals surface area contributed by atoms with Crippen molar-refractivity contribution < 1.29 is 14.1 Å². The molecule has 1 aliphatic heterocycles. The van der Waals surface area contributed by atoms with Crippen LogP contribution in [0.2, 0.25) is 0 Å². The Morgan fingerprint density at radius 1 is 1.48 bits per heavy atom. The van der Waals surface area contributed by atoms with Crippen LogP contribution in [-0.4, -0.2) is 45.3 Å². The van der Waals surface area contributed by atoms with E-state index in [9.17, 15) is 4.79 Å². The quantitative estimate of drug-likeness (QED) is 0.788. The summed E-state index contributed by atoms with van der Waals surface area (Å²) in [5.74, 6) is 1.06. The van der Waals surface area contributed by atoms with Gasteiger partial charge in [-0.05, 0) is 20.8 Å². The fourth-order valence-electron chi connectivity index (χ4n) is 2.96. The summed E-state index contributed by atoms with van der Waals surface area (Å²) in [6, 6.07) is 1.58. The standard InChI is InChI=1S/C16H22N4O3/c1-4-22-8-5-13-10-17-15-12(3)19(6-7-20(13)15)16(21)14-9-11(2)18-23-14/h9-10,12H,4-8H2,1-3H3/t12-/m0/s1. The van der Waals surface area contributed by atoms with Crippen molar-refractivity contribution >= 4 is 5.91 Å². The zero-order valence-corrected chi connectivity index (χ0v) is 13.8. The molecule has 0 fully saturated rings. The van der Waals surface area contributed by atoms with E-state index >= 15 is 0 Å². The number of aryl methyl sites for hydroxylation is 1. The lowest BCUT2D eigenvalue weighted by atomic mass is 10.2. The summed E-state index contributed by atoms with van der Waals surface area (Å²) in [5.41, 5.74) is 1.86. The molecule has 7 nitrogen and oxygen atoms in total. The highest BCUT2D eigenvalue weighted by Gasteiger charge is 2.32. The minimum atomic E-state index is -0.136. The van der Waals surface area contributed by atoms with Gasteiger partial charge in [0, 0.05) is 44.1 Å². The fraction of sp³-hybridized carbons (Fsp3) is 0.562. The minimum Gasteiger partial charge on any atom is -0.381 e. The molecule has 0 saturated carbocycles.